The quantitative estimate of drug-likeness (QED) is 0.799. The molecule has 0 aromatic heterocycles. The summed E-state index contributed by atoms with van der Waals surface area (Å²) in [6.07, 6.45) is -0.388. The molecule has 1 saturated heterocycles. The molecule has 1 heterocycles. The van der Waals surface area contributed by atoms with Gasteiger partial charge in [-0.1, -0.05) is 23.2 Å². The summed E-state index contributed by atoms with van der Waals surface area (Å²) >= 11 is 11.9. The molecule has 1 aliphatic rings. The molecule has 0 unspecified atom stereocenters. The van der Waals surface area contributed by atoms with E-state index < -0.39 is 0 Å². The van der Waals surface area contributed by atoms with Gasteiger partial charge in [0.15, 0.2) is 0 Å². The molecule has 0 spiro atoms. The smallest absolute Gasteiger partial charge is 0.409 e. The third-order valence-electron chi connectivity index (χ3n) is 3.33. The highest BCUT2D eigenvalue weighted by Crippen LogP contribution is 2.29. The molecule has 114 valence electrons. The molecule has 2 amide bonds. The lowest BCUT2D eigenvalue weighted by Crippen LogP contribution is -2.50. The summed E-state index contributed by atoms with van der Waals surface area (Å²) in [5.41, 5.74) is 6.28. The second-order valence-electron chi connectivity index (χ2n) is 4.60. The largest absolute Gasteiger partial charge is 0.453 e. The number of piperazine rings is 1. The predicted octanol–water partition coefficient (Wildman–Crippen LogP) is 2.10. The number of ether oxygens (including phenoxy) is 1. The highest BCUT2D eigenvalue weighted by atomic mass is 35.5. The van der Waals surface area contributed by atoms with E-state index in [0.29, 0.717) is 31.7 Å². The van der Waals surface area contributed by atoms with Crippen molar-refractivity contribution in [3.05, 3.63) is 27.7 Å². The molecule has 0 radical (unpaired) electrons. The Labute approximate surface area is 132 Å². The van der Waals surface area contributed by atoms with Gasteiger partial charge in [-0.2, -0.15) is 0 Å². The Hall–Kier alpha value is -1.66. The van der Waals surface area contributed by atoms with Gasteiger partial charge in [0.2, 0.25) is 0 Å². The van der Waals surface area contributed by atoms with Gasteiger partial charge < -0.3 is 20.3 Å². The molecule has 1 aliphatic heterocycles. The molecule has 0 bridgehead atoms. The predicted molar refractivity (Wildman–Crippen MR) is 80.8 cm³/mol. The van der Waals surface area contributed by atoms with Crippen molar-refractivity contribution >= 4 is 40.9 Å². The second kappa shape index (κ2) is 6.41. The van der Waals surface area contributed by atoms with Crippen molar-refractivity contribution in [2.24, 2.45) is 0 Å². The third kappa shape index (κ3) is 3.33. The van der Waals surface area contributed by atoms with Crippen LogP contribution in [0.1, 0.15) is 10.4 Å². The molecule has 6 nitrogen and oxygen atoms in total. The first-order chi connectivity index (χ1) is 9.93. The van der Waals surface area contributed by atoms with Crippen molar-refractivity contribution in [3.8, 4) is 0 Å². The normalized spacial score (nSPS) is 15.0. The lowest BCUT2D eigenvalue weighted by atomic mass is 10.1. The van der Waals surface area contributed by atoms with Crippen molar-refractivity contribution in [2.75, 3.05) is 39.0 Å². The zero-order chi connectivity index (χ0) is 15.6. The highest BCUT2D eigenvalue weighted by molar-refractivity contribution is 6.39. The summed E-state index contributed by atoms with van der Waals surface area (Å²) in [6.45, 7) is 1.70. The summed E-state index contributed by atoms with van der Waals surface area (Å²) < 4.78 is 4.65. The van der Waals surface area contributed by atoms with Crippen LogP contribution in [0.25, 0.3) is 0 Å². The molecule has 1 aromatic rings. The summed E-state index contributed by atoms with van der Waals surface area (Å²) in [5, 5.41) is 0.498. The van der Waals surface area contributed by atoms with Gasteiger partial charge in [-0.05, 0) is 12.1 Å². The number of nitrogens with two attached hydrogens (primary N) is 1. The minimum Gasteiger partial charge on any atom is -0.453 e. The Balaban J connectivity index is 2.07. The summed E-state index contributed by atoms with van der Waals surface area (Å²) in [5.74, 6) is -0.191. The zero-order valence-electron chi connectivity index (χ0n) is 11.4. The van der Waals surface area contributed by atoms with Gasteiger partial charge in [0, 0.05) is 31.7 Å². The number of hydrogen-bond donors (Lipinski definition) is 1. The lowest BCUT2D eigenvalue weighted by molar-refractivity contribution is 0.0600. The molecule has 0 atom stereocenters. The fraction of sp³-hybridized carbons (Fsp3) is 0.385. The van der Waals surface area contributed by atoms with Crippen molar-refractivity contribution < 1.29 is 14.3 Å². The Morgan fingerprint density at radius 1 is 1.10 bits per heavy atom. The number of halogens is 2. The van der Waals surface area contributed by atoms with Crippen LogP contribution in [0.3, 0.4) is 0 Å². The summed E-state index contributed by atoms with van der Waals surface area (Å²) in [6, 6.07) is 3.00. The second-order valence-corrected chi connectivity index (χ2v) is 5.42. The number of anilines is 1. The lowest BCUT2D eigenvalue weighted by Gasteiger charge is -2.33. The molecule has 8 heteroatoms. The van der Waals surface area contributed by atoms with Crippen LogP contribution in [0, 0.1) is 0 Å². The van der Waals surface area contributed by atoms with E-state index >= 15 is 0 Å². The number of carbonyl (C=O) groups is 2. The number of nitrogens with zero attached hydrogens (tertiary/aromatic N) is 2. The fourth-order valence-electron chi connectivity index (χ4n) is 2.11. The van der Waals surface area contributed by atoms with Gasteiger partial charge in [0.1, 0.15) is 0 Å². The number of nitrogen functional groups attached to an aromatic ring is 1. The molecule has 1 aromatic carbocycles. The Kier molecular flexibility index (Phi) is 4.80. The summed E-state index contributed by atoms with van der Waals surface area (Å²) in [4.78, 5) is 27.0. The monoisotopic (exact) mass is 331 g/mol. The van der Waals surface area contributed by atoms with Crippen molar-refractivity contribution in [2.45, 2.75) is 0 Å². The van der Waals surface area contributed by atoms with Crippen LogP contribution in [0.2, 0.25) is 10.0 Å². The Morgan fingerprint density at radius 3 is 2.05 bits per heavy atom. The first-order valence-corrected chi connectivity index (χ1v) is 7.06. The van der Waals surface area contributed by atoms with E-state index in [1.807, 2.05) is 0 Å². The third-order valence-corrected chi connectivity index (χ3v) is 3.95. The number of amides is 2. The highest BCUT2D eigenvalue weighted by Gasteiger charge is 2.25. The van der Waals surface area contributed by atoms with Crippen LogP contribution in [0.4, 0.5) is 10.5 Å². The maximum absolute atomic E-state index is 12.4. The molecule has 1 fully saturated rings. The van der Waals surface area contributed by atoms with Gasteiger partial charge in [0.25, 0.3) is 5.91 Å². The first kappa shape index (κ1) is 15.7. The minimum absolute atomic E-state index is 0.191. The number of hydrogen-bond acceptors (Lipinski definition) is 4. The SMILES string of the molecule is COC(=O)N1CCN(C(=O)c2cc(Cl)c(N)c(Cl)c2)CC1. The van der Waals surface area contributed by atoms with Gasteiger partial charge in [-0.15, -0.1) is 0 Å². The minimum atomic E-state index is -0.388. The van der Waals surface area contributed by atoms with E-state index in [2.05, 4.69) is 4.74 Å². The van der Waals surface area contributed by atoms with Crippen LogP contribution < -0.4 is 5.73 Å². The van der Waals surface area contributed by atoms with Crippen LogP contribution in [-0.4, -0.2) is 55.1 Å². The van der Waals surface area contributed by atoms with Crippen molar-refractivity contribution in [3.63, 3.8) is 0 Å². The molecular formula is C13H15Cl2N3O3. The van der Waals surface area contributed by atoms with Gasteiger partial charge >= 0.3 is 6.09 Å². The average molecular weight is 332 g/mol. The van der Waals surface area contributed by atoms with E-state index in [-0.39, 0.29) is 27.7 Å². The van der Waals surface area contributed by atoms with Crippen LogP contribution >= 0.6 is 23.2 Å². The van der Waals surface area contributed by atoms with Crippen LogP contribution in [0.5, 0.6) is 0 Å². The number of carbonyl (C=O) groups excluding carboxylic acids is 2. The van der Waals surface area contributed by atoms with E-state index in [4.69, 9.17) is 28.9 Å². The number of rotatable bonds is 1. The Bertz CT molecular complexity index is 549. The zero-order valence-corrected chi connectivity index (χ0v) is 12.9. The average Bonchev–Trinajstić information content (AvgIpc) is 2.50. The Morgan fingerprint density at radius 2 is 1.57 bits per heavy atom. The number of benzene rings is 1. The molecule has 0 saturated carbocycles. The first-order valence-electron chi connectivity index (χ1n) is 6.30. The van der Waals surface area contributed by atoms with E-state index in [0.717, 1.165) is 0 Å². The molecule has 21 heavy (non-hydrogen) atoms. The van der Waals surface area contributed by atoms with Crippen LogP contribution in [0.15, 0.2) is 12.1 Å². The molecule has 2 rings (SSSR count). The fourth-order valence-corrected chi connectivity index (χ4v) is 2.60. The van der Waals surface area contributed by atoms with Crippen molar-refractivity contribution in [1.82, 2.24) is 9.80 Å². The van der Waals surface area contributed by atoms with Gasteiger partial charge in [-0.3, -0.25) is 4.79 Å². The van der Waals surface area contributed by atoms with E-state index in [1.54, 1.807) is 9.80 Å². The van der Waals surface area contributed by atoms with Crippen molar-refractivity contribution in [1.29, 1.82) is 0 Å². The van der Waals surface area contributed by atoms with E-state index in [9.17, 15) is 9.59 Å². The number of methoxy groups -OCH3 is 1. The summed E-state index contributed by atoms with van der Waals surface area (Å²) in [7, 11) is 1.33. The van der Waals surface area contributed by atoms with Crippen LogP contribution in [-0.2, 0) is 4.74 Å². The molecule has 2 N–H and O–H groups in total. The van der Waals surface area contributed by atoms with E-state index in [1.165, 1.54) is 19.2 Å². The standard InChI is InChI=1S/C13H15Cl2N3O3/c1-21-13(20)18-4-2-17(3-5-18)12(19)8-6-9(14)11(16)10(15)7-8/h6-7H,2-5,16H2,1H3. The molecule has 0 aliphatic carbocycles. The van der Waals surface area contributed by atoms with Gasteiger partial charge in [-0.25, -0.2) is 4.79 Å². The maximum atomic E-state index is 12.4. The van der Waals surface area contributed by atoms with Gasteiger partial charge in [0.05, 0.1) is 22.8 Å². The maximum Gasteiger partial charge on any atom is 0.409 e. The topological polar surface area (TPSA) is 75.9 Å². The molecular weight excluding hydrogens is 317 g/mol.